The molecule has 3 rings (SSSR count). The van der Waals surface area contributed by atoms with Crippen LogP contribution in [0.2, 0.25) is 0 Å². The Hall–Kier alpha value is -3.21. The second-order valence-electron chi connectivity index (χ2n) is 7.23. The van der Waals surface area contributed by atoms with E-state index in [1.54, 1.807) is 22.6 Å². The monoisotopic (exact) mass is 443 g/mol. The summed E-state index contributed by atoms with van der Waals surface area (Å²) in [7, 11) is 0. The normalized spacial score (nSPS) is 11.1. The Kier molecular flexibility index (Phi) is 7.40. The number of benzene rings is 1. The quantitative estimate of drug-likeness (QED) is 0.211. The van der Waals surface area contributed by atoms with Crippen LogP contribution in [0.5, 0.6) is 0 Å². The molecule has 0 unspecified atom stereocenters. The highest BCUT2D eigenvalue weighted by atomic mass is 32.2. The number of thioether (sulfide) groups is 1. The third-order valence-corrected chi connectivity index (χ3v) is 5.11. The second kappa shape index (κ2) is 10.2. The Balaban J connectivity index is 1.70. The van der Waals surface area contributed by atoms with Crippen LogP contribution in [0.25, 0.3) is 11.0 Å². The van der Waals surface area contributed by atoms with Crippen molar-refractivity contribution in [1.29, 1.82) is 0 Å². The molecule has 2 aromatic heterocycles. The number of amides is 1. The number of nitro benzene ring substituents is 1. The predicted molar refractivity (Wildman–Crippen MR) is 120 cm³/mol. The molecule has 1 aromatic carbocycles. The number of carbonyl (C=O) groups excluding carboxylic acids is 1. The van der Waals surface area contributed by atoms with Crippen LogP contribution in [0.1, 0.15) is 31.1 Å². The van der Waals surface area contributed by atoms with Gasteiger partial charge in [0.2, 0.25) is 0 Å². The molecule has 2 N–H and O–H groups in total. The third kappa shape index (κ3) is 5.69. The van der Waals surface area contributed by atoms with Gasteiger partial charge >= 0.3 is 0 Å². The number of rotatable bonds is 10. The van der Waals surface area contributed by atoms with E-state index < -0.39 is 4.92 Å². The number of nitrogens with zero attached hydrogens (tertiary/aromatic N) is 5. The lowest BCUT2D eigenvalue weighted by atomic mass is 10.2. The van der Waals surface area contributed by atoms with Crippen LogP contribution in [-0.2, 0) is 6.54 Å². The molecule has 0 aliphatic rings. The van der Waals surface area contributed by atoms with Gasteiger partial charge in [0, 0.05) is 30.8 Å². The van der Waals surface area contributed by atoms with Crippen LogP contribution < -0.4 is 10.6 Å². The minimum Gasteiger partial charge on any atom is -0.369 e. The Labute approximate surface area is 184 Å². The van der Waals surface area contributed by atoms with Crippen LogP contribution in [-0.4, -0.2) is 49.4 Å². The number of nitrogens with one attached hydrogen (secondary N) is 2. The van der Waals surface area contributed by atoms with Crippen LogP contribution in [0.4, 0.5) is 11.5 Å². The Morgan fingerprint density at radius 3 is 2.65 bits per heavy atom. The topological polar surface area (TPSA) is 128 Å². The first-order chi connectivity index (χ1) is 14.9. The summed E-state index contributed by atoms with van der Waals surface area (Å²) in [4.78, 5) is 31.8. The highest BCUT2D eigenvalue weighted by Crippen LogP contribution is 2.24. The van der Waals surface area contributed by atoms with E-state index in [2.05, 4.69) is 39.5 Å². The molecule has 1 amide bonds. The van der Waals surface area contributed by atoms with E-state index in [4.69, 9.17) is 0 Å². The highest BCUT2D eigenvalue weighted by molar-refractivity contribution is 7.99. The van der Waals surface area contributed by atoms with Gasteiger partial charge in [0.05, 0.1) is 23.1 Å². The molecule has 11 heteroatoms. The SMILES string of the molecule is CCSc1nc(NCC(C)C)c2cnn(CCNC(=O)c3ccc([N+](=O)[O-])cc3)c2n1. The number of carbonyl (C=O) groups is 1. The van der Waals surface area contributed by atoms with Gasteiger partial charge in [-0.25, -0.2) is 14.6 Å². The van der Waals surface area contributed by atoms with E-state index in [0.29, 0.717) is 35.4 Å². The van der Waals surface area contributed by atoms with E-state index >= 15 is 0 Å². The van der Waals surface area contributed by atoms with Gasteiger partial charge in [-0.1, -0.05) is 32.5 Å². The number of nitro groups is 1. The van der Waals surface area contributed by atoms with Crippen LogP contribution >= 0.6 is 11.8 Å². The number of fused-ring (bicyclic) bond motifs is 1. The molecule has 31 heavy (non-hydrogen) atoms. The average molecular weight is 444 g/mol. The van der Waals surface area contributed by atoms with Gasteiger partial charge in [0.25, 0.3) is 11.6 Å². The van der Waals surface area contributed by atoms with Gasteiger partial charge in [-0.3, -0.25) is 14.9 Å². The lowest BCUT2D eigenvalue weighted by Gasteiger charge is -2.11. The number of anilines is 1. The zero-order chi connectivity index (χ0) is 22.4. The summed E-state index contributed by atoms with van der Waals surface area (Å²) >= 11 is 1.56. The van der Waals surface area contributed by atoms with Crippen molar-refractivity contribution < 1.29 is 9.72 Å². The number of hydrogen-bond donors (Lipinski definition) is 2. The van der Waals surface area contributed by atoms with Gasteiger partial charge in [0.1, 0.15) is 5.82 Å². The molecule has 0 bridgehead atoms. The maximum atomic E-state index is 12.3. The molecule has 0 aliphatic heterocycles. The van der Waals surface area contributed by atoms with Crippen LogP contribution in [0.15, 0.2) is 35.6 Å². The fourth-order valence-corrected chi connectivity index (χ4v) is 3.41. The van der Waals surface area contributed by atoms with Crippen LogP contribution in [0.3, 0.4) is 0 Å². The molecule has 0 fully saturated rings. The molecule has 0 aliphatic carbocycles. The summed E-state index contributed by atoms with van der Waals surface area (Å²) in [5, 5.41) is 22.9. The molecule has 0 radical (unpaired) electrons. The van der Waals surface area contributed by atoms with Crippen molar-refractivity contribution in [2.75, 3.05) is 24.2 Å². The van der Waals surface area contributed by atoms with E-state index in [1.807, 2.05) is 6.92 Å². The molecule has 0 saturated heterocycles. The van der Waals surface area contributed by atoms with Crippen molar-refractivity contribution in [2.24, 2.45) is 5.92 Å². The fourth-order valence-electron chi connectivity index (χ4n) is 2.84. The Morgan fingerprint density at radius 1 is 1.26 bits per heavy atom. The van der Waals surface area contributed by atoms with Gasteiger partial charge in [-0.05, 0) is 23.8 Å². The maximum Gasteiger partial charge on any atom is 0.269 e. The van der Waals surface area contributed by atoms with Gasteiger partial charge in [-0.2, -0.15) is 5.10 Å². The first-order valence-corrected chi connectivity index (χ1v) is 11.0. The molecule has 164 valence electrons. The van der Waals surface area contributed by atoms with Crippen molar-refractivity contribution in [3.05, 3.63) is 46.1 Å². The predicted octanol–water partition coefficient (Wildman–Crippen LogP) is 3.34. The Bertz CT molecular complexity index is 1070. The highest BCUT2D eigenvalue weighted by Gasteiger charge is 2.14. The van der Waals surface area contributed by atoms with Crippen molar-refractivity contribution in [3.8, 4) is 0 Å². The van der Waals surface area contributed by atoms with E-state index in [-0.39, 0.29) is 11.6 Å². The zero-order valence-corrected chi connectivity index (χ0v) is 18.5. The lowest BCUT2D eigenvalue weighted by Crippen LogP contribution is -2.27. The molecule has 3 aromatic rings. The molecule has 0 saturated carbocycles. The van der Waals surface area contributed by atoms with Crippen molar-refractivity contribution in [3.63, 3.8) is 0 Å². The Morgan fingerprint density at radius 2 is 2.00 bits per heavy atom. The molecular weight excluding hydrogens is 418 g/mol. The first-order valence-electron chi connectivity index (χ1n) is 10.0. The molecular formula is C20H25N7O3S. The van der Waals surface area contributed by atoms with Crippen molar-refractivity contribution >= 4 is 40.2 Å². The second-order valence-corrected chi connectivity index (χ2v) is 8.46. The van der Waals surface area contributed by atoms with E-state index in [0.717, 1.165) is 23.5 Å². The summed E-state index contributed by atoms with van der Waals surface area (Å²) in [6, 6.07) is 5.49. The largest absolute Gasteiger partial charge is 0.369 e. The molecule has 10 nitrogen and oxygen atoms in total. The summed E-state index contributed by atoms with van der Waals surface area (Å²) < 4.78 is 1.74. The van der Waals surface area contributed by atoms with Crippen LogP contribution in [0, 0.1) is 16.0 Å². The summed E-state index contributed by atoms with van der Waals surface area (Å²) in [5.74, 6) is 1.78. The molecule has 0 atom stereocenters. The van der Waals surface area contributed by atoms with Gasteiger partial charge in [-0.15, -0.1) is 0 Å². The van der Waals surface area contributed by atoms with E-state index in [9.17, 15) is 14.9 Å². The zero-order valence-electron chi connectivity index (χ0n) is 17.7. The molecule has 0 spiro atoms. The summed E-state index contributed by atoms with van der Waals surface area (Å²) in [6.45, 7) is 7.86. The minimum atomic E-state index is -0.498. The van der Waals surface area contributed by atoms with Crippen molar-refractivity contribution in [2.45, 2.75) is 32.5 Å². The smallest absolute Gasteiger partial charge is 0.269 e. The number of non-ortho nitro benzene ring substituents is 1. The average Bonchev–Trinajstić information content (AvgIpc) is 3.15. The fraction of sp³-hybridized carbons (Fsp3) is 0.400. The minimum absolute atomic E-state index is 0.0538. The first kappa shape index (κ1) is 22.5. The summed E-state index contributed by atoms with van der Waals surface area (Å²) in [6.07, 6.45) is 1.73. The van der Waals surface area contributed by atoms with E-state index in [1.165, 1.54) is 24.3 Å². The molecule has 2 heterocycles. The third-order valence-electron chi connectivity index (χ3n) is 4.38. The van der Waals surface area contributed by atoms with Gasteiger partial charge in [0.15, 0.2) is 10.8 Å². The summed E-state index contributed by atoms with van der Waals surface area (Å²) in [5.41, 5.74) is 1.02. The lowest BCUT2D eigenvalue weighted by molar-refractivity contribution is -0.384. The van der Waals surface area contributed by atoms with Crippen molar-refractivity contribution in [1.82, 2.24) is 25.1 Å². The maximum absolute atomic E-state index is 12.3. The number of aromatic nitrogens is 4. The van der Waals surface area contributed by atoms with Gasteiger partial charge < -0.3 is 10.6 Å². The standard InChI is InChI=1S/C20H25N7O3S/c1-4-31-20-24-17(22-11-13(2)3)16-12-23-26(18(16)25-20)10-9-21-19(28)14-5-7-15(8-6-14)27(29)30/h5-8,12-13H,4,9-11H2,1-3H3,(H,21,28)(H,22,24,25). The number of hydrogen-bond acceptors (Lipinski definition) is 8.